The van der Waals surface area contributed by atoms with Gasteiger partial charge in [0.2, 0.25) is 0 Å². The van der Waals surface area contributed by atoms with Crippen molar-refractivity contribution in [2.24, 2.45) is 0 Å². The summed E-state index contributed by atoms with van der Waals surface area (Å²) >= 11 is 1.68. The van der Waals surface area contributed by atoms with Gasteiger partial charge in [0.25, 0.3) is 0 Å². The van der Waals surface area contributed by atoms with Crippen LogP contribution in [0.15, 0.2) is 77.8 Å². The molecule has 0 aliphatic heterocycles. The monoisotopic (exact) mass is 409 g/mol. The minimum absolute atomic E-state index is 0.133. The molecule has 0 unspecified atom stereocenters. The first kappa shape index (κ1) is 21.0. The van der Waals surface area contributed by atoms with Crippen molar-refractivity contribution in [3.05, 3.63) is 84.2 Å². The van der Waals surface area contributed by atoms with E-state index in [2.05, 4.69) is 34.3 Å². The number of anilines is 1. The number of aromatic nitrogens is 1. The Morgan fingerprint density at radius 3 is 2.52 bits per heavy atom. The number of amides is 2. The highest BCUT2D eigenvalue weighted by atomic mass is 32.2. The Labute approximate surface area is 176 Å². The highest BCUT2D eigenvalue weighted by molar-refractivity contribution is 7.98. The summed E-state index contributed by atoms with van der Waals surface area (Å²) in [6, 6.07) is 22.1. The fourth-order valence-corrected chi connectivity index (χ4v) is 3.46. The van der Waals surface area contributed by atoms with E-state index >= 15 is 0 Å². The summed E-state index contributed by atoms with van der Waals surface area (Å²) in [7, 11) is 1.65. The smallest absolute Gasteiger partial charge is 0.322 e. The Morgan fingerprint density at radius 2 is 1.83 bits per heavy atom. The molecule has 0 bridgehead atoms. The van der Waals surface area contributed by atoms with Gasteiger partial charge in [-0.2, -0.15) is 0 Å². The van der Waals surface area contributed by atoms with Crippen LogP contribution in [0.5, 0.6) is 0 Å². The first-order valence-corrected chi connectivity index (χ1v) is 10.8. The van der Waals surface area contributed by atoms with E-state index in [9.17, 15) is 4.79 Å². The van der Waals surface area contributed by atoms with Crippen LogP contribution in [0.3, 0.4) is 0 Å². The molecule has 0 saturated heterocycles. The highest BCUT2D eigenvalue weighted by Gasteiger charge is 2.16. The van der Waals surface area contributed by atoms with Crippen LogP contribution >= 0.6 is 11.8 Å². The van der Waals surface area contributed by atoms with Gasteiger partial charge in [-0.05, 0) is 48.2 Å². The molecule has 0 radical (unpaired) electrons. The second-order valence-corrected chi connectivity index (χ2v) is 7.57. The maximum atomic E-state index is 12.9. The number of carbonyl (C=O) groups excluding carboxylic acids is 1. The molecule has 0 saturated carbocycles. The summed E-state index contributed by atoms with van der Waals surface area (Å²) in [6.07, 6.45) is 4.08. The van der Waals surface area contributed by atoms with E-state index in [0.717, 1.165) is 22.8 Å². The molecule has 3 aromatic rings. The predicted molar refractivity (Wildman–Crippen MR) is 120 cm³/mol. The van der Waals surface area contributed by atoms with Crippen molar-refractivity contribution >= 4 is 23.5 Å². The molecular formula is C23H27N3O2S. The zero-order valence-corrected chi connectivity index (χ0v) is 17.7. The Balaban J connectivity index is 1.70. The van der Waals surface area contributed by atoms with Crippen molar-refractivity contribution in [2.45, 2.75) is 18.0 Å². The fourth-order valence-electron chi connectivity index (χ4n) is 3.05. The maximum Gasteiger partial charge on any atom is 0.322 e. The standard InChI is InChI=1S/C23H27N3O2S/c1-28-16-15-26(23(27)24-20-10-12-22(29-2)13-11-20)18-21-9-6-14-25(21)17-19-7-4-3-5-8-19/h3-14H,15-18H2,1-2H3,(H,24,27). The number of thioether (sulfide) groups is 1. The summed E-state index contributed by atoms with van der Waals surface area (Å²) in [5, 5.41) is 3.00. The fraction of sp³-hybridized carbons (Fsp3) is 0.261. The number of nitrogens with one attached hydrogen (secondary N) is 1. The quantitative estimate of drug-likeness (QED) is 0.509. The van der Waals surface area contributed by atoms with E-state index in [1.54, 1.807) is 23.8 Å². The van der Waals surface area contributed by atoms with Crippen molar-refractivity contribution < 1.29 is 9.53 Å². The Morgan fingerprint density at radius 1 is 1.07 bits per heavy atom. The number of nitrogens with zero attached hydrogens (tertiary/aromatic N) is 2. The molecule has 0 spiro atoms. The third-order valence-corrected chi connectivity index (χ3v) is 5.41. The molecule has 1 heterocycles. The molecule has 5 nitrogen and oxygen atoms in total. The van der Waals surface area contributed by atoms with Gasteiger partial charge in [-0.15, -0.1) is 11.8 Å². The van der Waals surface area contributed by atoms with Crippen LogP contribution in [0, 0.1) is 0 Å². The van der Waals surface area contributed by atoms with E-state index in [1.165, 1.54) is 5.56 Å². The van der Waals surface area contributed by atoms with E-state index in [0.29, 0.717) is 19.7 Å². The van der Waals surface area contributed by atoms with Crippen molar-refractivity contribution in [1.29, 1.82) is 0 Å². The summed E-state index contributed by atoms with van der Waals surface area (Å²) in [5.41, 5.74) is 3.10. The summed E-state index contributed by atoms with van der Waals surface area (Å²) < 4.78 is 7.39. The van der Waals surface area contributed by atoms with Crippen molar-refractivity contribution in [3.63, 3.8) is 0 Å². The van der Waals surface area contributed by atoms with Crippen LogP contribution < -0.4 is 5.32 Å². The van der Waals surface area contributed by atoms with Crippen LogP contribution in [0.2, 0.25) is 0 Å². The first-order valence-electron chi connectivity index (χ1n) is 9.56. The van der Waals surface area contributed by atoms with Crippen molar-refractivity contribution in [2.75, 3.05) is 31.8 Å². The normalized spacial score (nSPS) is 10.7. The molecule has 6 heteroatoms. The van der Waals surface area contributed by atoms with Crippen LogP contribution in [-0.4, -0.2) is 42.0 Å². The van der Waals surface area contributed by atoms with E-state index in [-0.39, 0.29) is 6.03 Å². The molecule has 2 aromatic carbocycles. The van der Waals surface area contributed by atoms with Crippen molar-refractivity contribution in [3.8, 4) is 0 Å². The average Bonchev–Trinajstić information content (AvgIpc) is 3.18. The zero-order valence-electron chi connectivity index (χ0n) is 16.9. The highest BCUT2D eigenvalue weighted by Crippen LogP contribution is 2.18. The molecule has 29 heavy (non-hydrogen) atoms. The number of carbonyl (C=O) groups is 1. The number of urea groups is 1. The molecule has 0 atom stereocenters. The largest absolute Gasteiger partial charge is 0.383 e. The molecule has 1 N–H and O–H groups in total. The van der Waals surface area contributed by atoms with Gasteiger partial charge in [0.15, 0.2) is 0 Å². The second-order valence-electron chi connectivity index (χ2n) is 6.69. The van der Waals surface area contributed by atoms with Crippen molar-refractivity contribution in [1.82, 2.24) is 9.47 Å². The number of ether oxygens (including phenoxy) is 1. The first-order chi connectivity index (χ1) is 14.2. The number of benzene rings is 2. The van der Waals surface area contributed by atoms with Gasteiger partial charge >= 0.3 is 6.03 Å². The summed E-state index contributed by atoms with van der Waals surface area (Å²) in [5.74, 6) is 0. The number of methoxy groups -OCH3 is 1. The average molecular weight is 410 g/mol. The van der Waals surface area contributed by atoms with Gasteiger partial charge in [0.1, 0.15) is 0 Å². The lowest BCUT2D eigenvalue weighted by Crippen LogP contribution is -2.37. The Kier molecular flexibility index (Phi) is 7.78. The third-order valence-electron chi connectivity index (χ3n) is 4.67. The lowest BCUT2D eigenvalue weighted by molar-refractivity contribution is 0.152. The van der Waals surface area contributed by atoms with E-state index in [1.807, 2.05) is 54.8 Å². The number of hydrogen-bond donors (Lipinski definition) is 1. The van der Waals surface area contributed by atoms with Crippen LogP contribution in [0.4, 0.5) is 10.5 Å². The topological polar surface area (TPSA) is 46.5 Å². The van der Waals surface area contributed by atoms with E-state index in [4.69, 9.17) is 4.74 Å². The molecule has 3 rings (SSSR count). The van der Waals surface area contributed by atoms with Crippen LogP contribution in [0.1, 0.15) is 11.3 Å². The number of rotatable bonds is 9. The molecule has 0 fully saturated rings. The predicted octanol–water partition coefficient (Wildman–Crippen LogP) is 4.94. The van der Waals surface area contributed by atoms with Gasteiger partial charge in [0.05, 0.1) is 13.2 Å². The lowest BCUT2D eigenvalue weighted by atomic mass is 10.2. The molecule has 152 valence electrons. The third kappa shape index (κ3) is 6.14. The molecule has 1 aromatic heterocycles. The minimum atomic E-state index is -0.133. The van der Waals surface area contributed by atoms with Gasteiger partial charge < -0.3 is 19.5 Å². The summed E-state index contributed by atoms with van der Waals surface area (Å²) in [6.45, 7) is 2.29. The number of hydrogen-bond acceptors (Lipinski definition) is 3. The molecular weight excluding hydrogens is 382 g/mol. The van der Waals surface area contributed by atoms with Crippen LogP contribution in [-0.2, 0) is 17.8 Å². The second kappa shape index (κ2) is 10.7. The lowest BCUT2D eigenvalue weighted by Gasteiger charge is -2.24. The molecule has 0 aliphatic carbocycles. The van der Waals surface area contributed by atoms with Gasteiger partial charge in [-0.3, -0.25) is 0 Å². The SMILES string of the molecule is COCCN(Cc1cccn1Cc1ccccc1)C(=O)Nc1ccc(SC)cc1. The van der Waals surface area contributed by atoms with Gasteiger partial charge in [-0.25, -0.2) is 4.79 Å². The minimum Gasteiger partial charge on any atom is -0.383 e. The van der Waals surface area contributed by atoms with E-state index < -0.39 is 0 Å². The zero-order chi connectivity index (χ0) is 20.5. The Bertz CT molecular complexity index is 894. The molecule has 2 amide bonds. The van der Waals surface area contributed by atoms with Gasteiger partial charge in [-0.1, -0.05) is 30.3 Å². The molecule has 0 aliphatic rings. The maximum absolute atomic E-state index is 12.9. The van der Waals surface area contributed by atoms with Crippen LogP contribution in [0.25, 0.3) is 0 Å². The Hall–Kier alpha value is -2.70. The summed E-state index contributed by atoms with van der Waals surface area (Å²) in [4.78, 5) is 15.9. The van der Waals surface area contributed by atoms with Gasteiger partial charge in [0, 0.05) is 42.7 Å².